The minimum atomic E-state index is -0.646. The van der Waals surface area contributed by atoms with E-state index in [0.717, 1.165) is 6.42 Å². The zero-order chi connectivity index (χ0) is 19.4. The lowest BCUT2D eigenvalue weighted by Gasteiger charge is -2.63. The van der Waals surface area contributed by atoms with Gasteiger partial charge in [0.15, 0.2) is 5.79 Å². The van der Waals surface area contributed by atoms with Gasteiger partial charge in [0.25, 0.3) is 0 Å². The van der Waals surface area contributed by atoms with Crippen LogP contribution in [0.1, 0.15) is 66.2 Å². The summed E-state index contributed by atoms with van der Waals surface area (Å²) in [5, 5.41) is 21.0. The molecule has 4 saturated carbocycles. The average Bonchev–Trinajstić information content (AvgIpc) is 3.06. The summed E-state index contributed by atoms with van der Waals surface area (Å²) in [5.74, 6) is 1.24. The predicted molar refractivity (Wildman–Crippen MR) is 103 cm³/mol. The molecule has 27 heavy (non-hydrogen) atoms. The molecule has 4 heteroatoms. The molecule has 4 aliphatic carbocycles. The van der Waals surface area contributed by atoms with E-state index in [2.05, 4.69) is 20.4 Å². The van der Waals surface area contributed by atoms with Crippen LogP contribution in [0.4, 0.5) is 0 Å². The van der Waals surface area contributed by atoms with Gasteiger partial charge in [-0.1, -0.05) is 26.0 Å². The molecule has 5 aliphatic rings. The molecule has 1 heterocycles. The molecular formula is C23H36O4. The van der Waals surface area contributed by atoms with Crippen LogP contribution in [-0.2, 0) is 9.47 Å². The molecule has 0 radical (unpaired) electrons. The molecule has 152 valence electrons. The van der Waals surface area contributed by atoms with Crippen LogP contribution < -0.4 is 0 Å². The maximum Gasteiger partial charge on any atom is 0.163 e. The van der Waals surface area contributed by atoms with E-state index >= 15 is 0 Å². The first kappa shape index (κ1) is 18.6. The Morgan fingerprint density at radius 1 is 0.926 bits per heavy atom. The van der Waals surface area contributed by atoms with Crippen molar-refractivity contribution in [3.8, 4) is 0 Å². The lowest BCUT2D eigenvalue weighted by atomic mass is 9.43. The highest BCUT2D eigenvalue weighted by molar-refractivity contribution is 5.24. The number of fused-ring (bicyclic) bond motifs is 8. The third-order valence-electron chi connectivity index (χ3n) is 9.51. The molecule has 5 fully saturated rings. The fourth-order valence-corrected chi connectivity index (χ4v) is 8.12. The first-order chi connectivity index (χ1) is 12.6. The molecule has 0 bridgehead atoms. The minimum absolute atomic E-state index is 0.000483. The van der Waals surface area contributed by atoms with Gasteiger partial charge in [-0.25, -0.2) is 0 Å². The molecule has 0 spiro atoms. The smallest absolute Gasteiger partial charge is 0.163 e. The maximum atomic E-state index is 10.6. The quantitative estimate of drug-likeness (QED) is 0.634. The molecule has 2 N–H and O–H groups in total. The molecule has 0 aromatic heterocycles. The van der Waals surface area contributed by atoms with Crippen molar-refractivity contribution < 1.29 is 19.7 Å². The van der Waals surface area contributed by atoms with Gasteiger partial charge in [0, 0.05) is 0 Å². The normalized spacial score (nSPS) is 59.0. The van der Waals surface area contributed by atoms with E-state index in [1.165, 1.54) is 24.8 Å². The van der Waals surface area contributed by atoms with Crippen LogP contribution >= 0.6 is 0 Å². The summed E-state index contributed by atoms with van der Waals surface area (Å²) in [6, 6.07) is 0. The fourth-order valence-electron chi connectivity index (χ4n) is 8.12. The van der Waals surface area contributed by atoms with Gasteiger partial charge in [0.1, 0.15) is 0 Å². The van der Waals surface area contributed by atoms with Gasteiger partial charge in [0.05, 0.1) is 24.4 Å². The number of hydrogen-bond donors (Lipinski definition) is 2. The standard InChI is InChI=1S/C23H36O4/c1-12-6-7-13-18-14(8-9-22(12,13)4)23(5)11-17(25)16(24)10-15(23)19-20(18)27-21(2,3)26-19/h13-20,24-25H,1,6-11H2,2-5H3/t13?,14?,15?,16-,17+,18?,19+,20+,22+,23+/m0/s1. The van der Waals surface area contributed by atoms with E-state index in [1.807, 2.05) is 13.8 Å². The van der Waals surface area contributed by atoms with E-state index in [0.29, 0.717) is 30.6 Å². The summed E-state index contributed by atoms with van der Waals surface area (Å²) in [5.41, 5.74) is 1.64. The molecular weight excluding hydrogens is 340 g/mol. The zero-order valence-corrected chi connectivity index (χ0v) is 17.3. The number of aliphatic hydroxyl groups excluding tert-OH is 2. The van der Waals surface area contributed by atoms with Crippen LogP contribution in [0.3, 0.4) is 0 Å². The lowest BCUT2D eigenvalue weighted by Crippen LogP contribution is -2.64. The molecule has 0 amide bonds. The van der Waals surface area contributed by atoms with Gasteiger partial charge in [-0.15, -0.1) is 0 Å². The second-order valence-electron chi connectivity index (χ2n) is 11.1. The number of allylic oxidation sites excluding steroid dienone is 1. The Labute approximate surface area is 163 Å². The van der Waals surface area contributed by atoms with Crippen LogP contribution in [0.5, 0.6) is 0 Å². The summed E-state index contributed by atoms with van der Waals surface area (Å²) in [6.07, 6.45) is 4.85. The van der Waals surface area contributed by atoms with Crippen molar-refractivity contribution in [1.29, 1.82) is 0 Å². The molecule has 5 rings (SSSR count). The molecule has 10 atom stereocenters. The number of ether oxygens (including phenoxy) is 2. The Balaban J connectivity index is 1.60. The van der Waals surface area contributed by atoms with Gasteiger partial charge in [-0.2, -0.15) is 0 Å². The topological polar surface area (TPSA) is 58.9 Å². The largest absolute Gasteiger partial charge is 0.390 e. The molecule has 0 aromatic rings. The van der Waals surface area contributed by atoms with Crippen LogP contribution in [0.2, 0.25) is 0 Å². The number of rotatable bonds is 0. The monoisotopic (exact) mass is 376 g/mol. The zero-order valence-electron chi connectivity index (χ0n) is 17.3. The molecule has 1 saturated heterocycles. The third-order valence-corrected chi connectivity index (χ3v) is 9.51. The van der Waals surface area contributed by atoms with Crippen molar-refractivity contribution in [2.75, 3.05) is 0 Å². The molecule has 1 aliphatic heterocycles. The SMILES string of the molecule is C=C1CCC2C3C(CC[C@]12C)[C@@]1(C)C[C@@H](O)[C@@H](O)CC1[C@H]1OC(C)(C)O[C@H]31. The van der Waals surface area contributed by atoms with E-state index in [9.17, 15) is 10.2 Å². The van der Waals surface area contributed by atoms with Crippen molar-refractivity contribution >= 4 is 0 Å². The highest BCUT2D eigenvalue weighted by atomic mass is 16.8. The Bertz CT molecular complexity index is 659. The first-order valence-electron chi connectivity index (χ1n) is 11.0. The predicted octanol–water partition coefficient (Wildman–Crippen LogP) is 3.66. The van der Waals surface area contributed by atoms with E-state index in [1.54, 1.807) is 0 Å². The third kappa shape index (κ3) is 2.36. The summed E-state index contributed by atoms with van der Waals surface area (Å²) < 4.78 is 13.1. The summed E-state index contributed by atoms with van der Waals surface area (Å²) in [6.45, 7) is 13.3. The van der Waals surface area contributed by atoms with Gasteiger partial charge < -0.3 is 19.7 Å². The molecule has 0 aromatic carbocycles. The average molecular weight is 377 g/mol. The second-order valence-corrected chi connectivity index (χ2v) is 11.1. The van der Waals surface area contributed by atoms with E-state index < -0.39 is 18.0 Å². The Kier molecular flexibility index (Phi) is 3.85. The fraction of sp³-hybridized carbons (Fsp3) is 0.913. The van der Waals surface area contributed by atoms with E-state index in [4.69, 9.17) is 9.47 Å². The highest BCUT2D eigenvalue weighted by Crippen LogP contribution is 2.69. The van der Waals surface area contributed by atoms with Crippen LogP contribution in [0.25, 0.3) is 0 Å². The van der Waals surface area contributed by atoms with Gasteiger partial charge in [0.2, 0.25) is 0 Å². The Morgan fingerprint density at radius 2 is 1.63 bits per heavy atom. The minimum Gasteiger partial charge on any atom is -0.390 e. The van der Waals surface area contributed by atoms with Crippen LogP contribution in [0, 0.1) is 34.5 Å². The lowest BCUT2D eigenvalue weighted by molar-refractivity contribution is -0.204. The maximum absolute atomic E-state index is 10.6. The number of aliphatic hydroxyl groups is 2. The molecule has 4 unspecified atom stereocenters. The van der Waals surface area contributed by atoms with Crippen LogP contribution in [0.15, 0.2) is 12.2 Å². The second kappa shape index (κ2) is 5.59. The van der Waals surface area contributed by atoms with Gasteiger partial charge in [-0.05, 0) is 86.9 Å². The van der Waals surface area contributed by atoms with Gasteiger partial charge >= 0.3 is 0 Å². The number of hydrogen-bond acceptors (Lipinski definition) is 4. The van der Waals surface area contributed by atoms with Crippen LogP contribution in [-0.4, -0.2) is 40.4 Å². The molecule has 4 nitrogen and oxygen atoms in total. The summed E-state index contributed by atoms with van der Waals surface area (Å²) >= 11 is 0. The van der Waals surface area contributed by atoms with Crippen molar-refractivity contribution in [3.63, 3.8) is 0 Å². The van der Waals surface area contributed by atoms with Crippen molar-refractivity contribution in [1.82, 2.24) is 0 Å². The van der Waals surface area contributed by atoms with E-state index in [-0.39, 0.29) is 29.0 Å². The first-order valence-corrected chi connectivity index (χ1v) is 11.0. The Morgan fingerprint density at radius 3 is 2.37 bits per heavy atom. The summed E-state index contributed by atoms with van der Waals surface area (Å²) in [7, 11) is 0. The van der Waals surface area contributed by atoms with Crippen molar-refractivity contribution in [3.05, 3.63) is 12.2 Å². The van der Waals surface area contributed by atoms with Crippen molar-refractivity contribution in [2.24, 2.45) is 34.5 Å². The summed E-state index contributed by atoms with van der Waals surface area (Å²) in [4.78, 5) is 0. The Hall–Kier alpha value is -0.420. The highest BCUT2D eigenvalue weighted by Gasteiger charge is 2.68. The van der Waals surface area contributed by atoms with Gasteiger partial charge in [-0.3, -0.25) is 0 Å². The van der Waals surface area contributed by atoms with Crippen molar-refractivity contribution in [2.45, 2.75) is 96.4 Å².